The summed E-state index contributed by atoms with van der Waals surface area (Å²) >= 11 is 0. The molecule has 8 heteroatoms. The van der Waals surface area contributed by atoms with Crippen molar-refractivity contribution in [3.05, 3.63) is 32.6 Å². The molecule has 0 spiro atoms. The Morgan fingerprint density at radius 3 is 2.35 bits per heavy atom. The van der Waals surface area contributed by atoms with Crippen LogP contribution in [-0.4, -0.2) is 49.8 Å². The van der Waals surface area contributed by atoms with Crippen molar-refractivity contribution in [2.75, 3.05) is 6.61 Å². The SMILES string of the molecule is O=c1[nH]c(=O)n(CC2CCCCCCC2)cc1[C@@H]1O[C@H](CO)[C@@H](O)[C@H]1O. The van der Waals surface area contributed by atoms with Crippen molar-refractivity contribution in [3.63, 3.8) is 0 Å². The number of hydrogen-bond acceptors (Lipinski definition) is 6. The summed E-state index contributed by atoms with van der Waals surface area (Å²) in [6.45, 7) is 0.0474. The van der Waals surface area contributed by atoms with E-state index >= 15 is 0 Å². The van der Waals surface area contributed by atoms with Crippen molar-refractivity contribution >= 4 is 0 Å². The van der Waals surface area contributed by atoms with E-state index in [-0.39, 0.29) is 5.56 Å². The van der Waals surface area contributed by atoms with E-state index in [1.165, 1.54) is 30.0 Å². The van der Waals surface area contributed by atoms with Gasteiger partial charge in [-0.05, 0) is 18.8 Å². The van der Waals surface area contributed by atoms with E-state index in [1.54, 1.807) is 0 Å². The lowest BCUT2D eigenvalue weighted by Crippen LogP contribution is -2.37. The molecule has 1 aromatic rings. The van der Waals surface area contributed by atoms with E-state index in [0.717, 1.165) is 25.7 Å². The molecule has 0 aromatic carbocycles. The smallest absolute Gasteiger partial charge is 0.328 e. The van der Waals surface area contributed by atoms with Gasteiger partial charge < -0.3 is 20.1 Å². The number of ether oxygens (including phenoxy) is 1. The first-order chi connectivity index (χ1) is 12.5. The topological polar surface area (TPSA) is 125 Å². The standard InChI is InChI=1S/C18H28N2O6/c21-10-13-14(22)15(23)16(26-13)12-9-20(18(25)19-17(12)24)8-11-6-4-2-1-3-5-7-11/h9,11,13-16,21-23H,1-8,10H2,(H,19,24,25)/t13-,14-,15-,16+/m1/s1. The Kier molecular flexibility index (Phi) is 6.29. The number of aromatic nitrogens is 2. The summed E-state index contributed by atoms with van der Waals surface area (Å²) in [5, 5.41) is 29.3. The van der Waals surface area contributed by atoms with Crippen LogP contribution in [-0.2, 0) is 11.3 Å². The van der Waals surface area contributed by atoms with E-state index in [4.69, 9.17) is 4.74 Å². The van der Waals surface area contributed by atoms with Gasteiger partial charge in [0.2, 0.25) is 0 Å². The second-order valence-corrected chi connectivity index (χ2v) is 7.47. The molecule has 0 amide bonds. The number of aromatic amines is 1. The average molecular weight is 368 g/mol. The van der Waals surface area contributed by atoms with Crippen molar-refractivity contribution in [1.82, 2.24) is 9.55 Å². The maximum atomic E-state index is 12.2. The van der Waals surface area contributed by atoms with Gasteiger partial charge in [-0.2, -0.15) is 0 Å². The van der Waals surface area contributed by atoms with Gasteiger partial charge in [-0.3, -0.25) is 14.3 Å². The van der Waals surface area contributed by atoms with Crippen molar-refractivity contribution < 1.29 is 20.1 Å². The van der Waals surface area contributed by atoms with Crippen LogP contribution < -0.4 is 11.2 Å². The normalized spacial score (nSPS) is 30.9. The van der Waals surface area contributed by atoms with E-state index in [1.807, 2.05) is 0 Å². The molecule has 0 unspecified atom stereocenters. The van der Waals surface area contributed by atoms with Gasteiger partial charge in [0, 0.05) is 12.7 Å². The number of aliphatic hydroxyl groups is 3. The summed E-state index contributed by atoms with van der Waals surface area (Å²) in [5.41, 5.74) is -1.02. The average Bonchev–Trinajstić information content (AvgIpc) is 2.87. The fourth-order valence-electron chi connectivity index (χ4n) is 4.02. The van der Waals surface area contributed by atoms with E-state index < -0.39 is 42.3 Å². The third-order valence-corrected chi connectivity index (χ3v) is 5.57. The number of aliphatic hydroxyl groups excluding tert-OH is 3. The Morgan fingerprint density at radius 2 is 1.73 bits per heavy atom. The van der Waals surface area contributed by atoms with E-state index in [9.17, 15) is 24.9 Å². The van der Waals surface area contributed by atoms with Crippen molar-refractivity contribution in [3.8, 4) is 0 Å². The highest BCUT2D eigenvalue weighted by Crippen LogP contribution is 2.31. The zero-order valence-electron chi connectivity index (χ0n) is 14.8. The third-order valence-electron chi connectivity index (χ3n) is 5.57. The number of H-pyrrole nitrogens is 1. The third kappa shape index (κ3) is 4.09. The van der Waals surface area contributed by atoms with Crippen LogP contribution >= 0.6 is 0 Å². The van der Waals surface area contributed by atoms with Gasteiger partial charge in [-0.25, -0.2) is 4.79 Å². The van der Waals surface area contributed by atoms with Crippen LogP contribution in [0.1, 0.15) is 56.6 Å². The van der Waals surface area contributed by atoms with Gasteiger partial charge in [0.1, 0.15) is 24.4 Å². The molecule has 146 valence electrons. The zero-order valence-corrected chi connectivity index (χ0v) is 14.8. The van der Waals surface area contributed by atoms with Crippen LogP contribution in [0.5, 0.6) is 0 Å². The maximum absolute atomic E-state index is 12.2. The first kappa shape index (κ1) is 19.3. The van der Waals surface area contributed by atoms with Crippen molar-refractivity contribution in [2.24, 2.45) is 5.92 Å². The molecule has 4 N–H and O–H groups in total. The summed E-state index contributed by atoms with van der Waals surface area (Å²) in [7, 11) is 0. The second kappa shape index (κ2) is 8.47. The molecule has 8 nitrogen and oxygen atoms in total. The monoisotopic (exact) mass is 368 g/mol. The van der Waals surface area contributed by atoms with Crippen LogP contribution in [0.15, 0.2) is 15.8 Å². The molecule has 3 rings (SSSR count). The number of hydrogen-bond donors (Lipinski definition) is 4. The fraction of sp³-hybridized carbons (Fsp3) is 0.778. The molecular formula is C18H28N2O6. The van der Waals surface area contributed by atoms with Gasteiger partial charge in [-0.15, -0.1) is 0 Å². The Morgan fingerprint density at radius 1 is 1.08 bits per heavy atom. The molecule has 4 atom stereocenters. The minimum absolute atomic E-state index is 0.0953. The predicted octanol–water partition coefficient (Wildman–Crippen LogP) is 0.0511. The minimum Gasteiger partial charge on any atom is -0.394 e. The molecule has 1 aliphatic carbocycles. The minimum atomic E-state index is -1.33. The quantitative estimate of drug-likeness (QED) is 0.595. The van der Waals surface area contributed by atoms with Crippen molar-refractivity contribution in [1.29, 1.82) is 0 Å². The first-order valence-electron chi connectivity index (χ1n) is 9.47. The highest BCUT2D eigenvalue weighted by atomic mass is 16.6. The van der Waals surface area contributed by atoms with Crippen LogP contribution in [0.25, 0.3) is 0 Å². The van der Waals surface area contributed by atoms with Gasteiger partial charge >= 0.3 is 5.69 Å². The van der Waals surface area contributed by atoms with Crippen LogP contribution in [0.3, 0.4) is 0 Å². The fourth-order valence-corrected chi connectivity index (χ4v) is 4.02. The Balaban J connectivity index is 1.83. The molecule has 26 heavy (non-hydrogen) atoms. The summed E-state index contributed by atoms with van der Waals surface area (Å²) in [6.07, 6.45) is 4.86. The van der Waals surface area contributed by atoms with Gasteiger partial charge in [-0.1, -0.05) is 32.1 Å². The number of rotatable bonds is 4. The molecule has 2 heterocycles. The molecule has 2 aliphatic rings. The summed E-state index contributed by atoms with van der Waals surface area (Å²) in [4.78, 5) is 26.7. The van der Waals surface area contributed by atoms with Gasteiger partial charge in [0.25, 0.3) is 5.56 Å². The molecule has 0 radical (unpaired) electrons. The number of nitrogens with one attached hydrogen (secondary N) is 1. The second-order valence-electron chi connectivity index (χ2n) is 7.47. The Hall–Kier alpha value is -1.48. The zero-order chi connectivity index (χ0) is 18.7. The highest BCUT2D eigenvalue weighted by Gasteiger charge is 2.44. The largest absolute Gasteiger partial charge is 0.394 e. The lowest BCUT2D eigenvalue weighted by Gasteiger charge is -2.21. The van der Waals surface area contributed by atoms with Crippen LogP contribution in [0.4, 0.5) is 0 Å². The molecular weight excluding hydrogens is 340 g/mol. The van der Waals surface area contributed by atoms with E-state index in [0.29, 0.717) is 12.5 Å². The van der Waals surface area contributed by atoms with E-state index in [2.05, 4.69) is 4.98 Å². The lowest BCUT2D eigenvalue weighted by atomic mass is 9.91. The van der Waals surface area contributed by atoms with Gasteiger partial charge in [0.05, 0.1) is 12.2 Å². The molecule has 1 aromatic heterocycles. The molecule has 1 saturated heterocycles. The molecule has 1 aliphatic heterocycles. The van der Waals surface area contributed by atoms with Crippen LogP contribution in [0.2, 0.25) is 0 Å². The highest BCUT2D eigenvalue weighted by molar-refractivity contribution is 5.14. The van der Waals surface area contributed by atoms with Crippen molar-refractivity contribution in [2.45, 2.75) is 75.9 Å². The molecule has 0 bridgehead atoms. The maximum Gasteiger partial charge on any atom is 0.328 e. The summed E-state index contributed by atoms with van der Waals surface area (Å²) < 4.78 is 6.91. The Bertz CT molecular complexity index is 706. The lowest BCUT2D eigenvalue weighted by molar-refractivity contribution is -0.0233. The number of nitrogens with zero attached hydrogens (tertiary/aromatic N) is 1. The summed E-state index contributed by atoms with van der Waals surface area (Å²) in [5.74, 6) is 0.372. The predicted molar refractivity (Wildman–Crippen MR) is 93.8 cm³/mol. The summed E-state index contributed by atoms with van der Waals surface area (Å²) in [6, 6.07) is 0. The molecule has 1 saturated carbocycles. The van der Waals surface area contributed by atoms with Crippen LogP contribution in [0, 0.1) is 5.92 Å². The Labute approximate surface area is 151 Å². The molecule has 2 fully saturated rings. The van der Waals surface area contributed by atoms with Gasteiger partial charge in [0.15, 0.2) is 0 Å². The first-order valence-corrected chi connectivity index (χ1v) is 9.47.